The minimum atomic E-state index is -0.820. The lowest BCUT2D eigenvalue weighted by atomic mass is 10.2. The first kappa shape index (κ1) is 15.2. The van der Waals surface area contributed by atoms with Crippen LogP contribution in [0.3, 0.4) is 0 Å². The standard InChI is InChI=1S/C14H11BrFNO4/c1-8-3-4-12(9(15)5-8)21-14-7-13(20-2)10(16)6-11(14)17(18)19/h3-7H,1-2H3. The summed E-state index contributed by atoms with van der Waals surface area (Å²) >= 11 is 3.32. The van der Waals surface area contributed by atoms with Crippen LogP contribution in [0.4, 0.5) is 10.1 Å². The number of hydrogen-bond donors (Lipinski definition) is 0. The van der Waals surface area contributed by atoms with Crippen molar-refractivity contribution in [1.29, 1.82) is 0 Å². The summed E-state index contributed by atoms with van der Waals surface area (Å²) in [6.07, 6.45) is 0. The van der Waals surface area contributed by atoms with Crippen molar-refractivity contribution in [2.24, 2.45) is 0 Å². The second-order valence-electron chi connectivity index (χ2n) is 4.25. The molecule has 2 rings (SSSR count). The van der Waals surface area contributed by atoms with E-state index in [0.717, 1.165) is 17.7 Å². The molecule has 0 spiro atoms. The molecule has 2 aromatic carbocycles. The van der Waals surface area contributed by atoms with Gasteiger partial charge >= 0.3 is 5.69 Å². The highest BCUT2D eigenvalue weighted by atomic mass is 79.9. The Morgan fingerprint density at radius 3 is 2.48 bits per heavy atom. The molecule has 5 nitrogen and oxygen atoms in total. The molecule has 0 amide bonds. The topological polar surface area (TPSA) is 61.6 Å². The van der Waals surface area contributed by atoms with Crippen LogP contribution in [0.15, 0.2) is 34.8 Å². The van der Waals surface area contributed by atoms with Gasteiger partial charge in [-0.15, -0.1) is 0 Å². The van der Waals surface area contributed by atoms with Gasteiger partial charge in [0, 0.05) is 6.07 Å². The van der Waals surface area contributed by atoms with E-state index in [4.69, 9.17) is 9.47 Å². The van der Waals surface area contributed by atoms with Crippen molar-refractivity contribution in [3.05, 3.63) is 56.3 Å². The smallest absolute Gasteiger partial charge is 0.314 e. The van der Waals surface area contributed by atoms with Gasteiger partial charge in [-0.3, -0.25) is 10.1 Å². The average Bonchev–Trinajstić information content (AvgIpc) is 2.42. The molecule has 0 bridgehead atoms. The van der Waals surface area contributed by atoms with E-state index in [1.807, 2.05) is 13.0 Å². The molecule has 0 aliphatic heterocycles. The van der Waals surface area contributed by atoms with E-state index in [9.17, 15) is 14.5 Å². The first-order valence-electron chi connectivity index (χ1n) is 5.88. The highest BCUT2D eigenvalue weighted by Crippen LogP contribution is 2.38. The van der Waals surface area contributed by atoms with Crippen molar-refractivity contribution in [1.82, 2.24) is 0 Å². The number of halogens is 2. The van der Waals surface area contributed by atoms with E-state index in [-0.39, 0.29) is 11.5 Å². The zero-order valence-electron chi connectivity index (χ0n) is 11.2. The van der Waals surface area contributed by atoms with Crippen LogP contribution in [0.5, 0.6) is 17.2 Å². The predicted molar refractivity (Wildman–Crippen MR) is 78.6 cm³/mol. The van der Waals surface area contributed by atoms with E-state index in [0.29, 0.717) is 10.2 Å². The van der Waals surface area contributed by atoms with Crippen LogP contribution in [0, 0.1) is 22.9 Å². The quantitative estimate of drug-likeness (QED) is 0.593. The first-order valence-corrected chi connectivity index (χ1v) is 6.67. The van der Waals surface area contributed by atoms with E-state index in [1.165, 1.54) is 7.11 Å². The number of ether oxygens (including phenoxy) is 2. The fourth-order valence-corrected chi connectivity index (χ4v) is 2.29. The second-order valence-corrected chi connectivity index (χ2v) is 5.10. The van der Waals surface area contributed by atoms with Crippen molar-refractivity contribution in [2.45, 2.75) is 6.92 Å². The van der Waals surface area contributed by atoms with E-state index in [1.54, 1.807) is 12.1 Å². The maximum Gasteiger partial charge on any atom is 0.314 e. The number of methoxy groups -OCH3 is 1. The molecule has 0 heterocycles. The Hall–Kier alpha value is -2.15. The lowest BCUT2D eigenvalue weighted by molar-refractivity contribution is -0.385. The van der Waals surface area contributed by atoms with Crippen LogP contribution < -0.4 is 9.47 Å². The molecule has 0 N–H and O–H groups in total. The van der Waals surface area contributed by atoms with Gasteiger partial charge < -0.3 is 9.47 Å². The SMILES string of the molecule is COc1cc(Oc2ccc(C)cc2Br)c([N+](=O)[O-])cc1F. The molecule has 0 unspecified atom stereocenters. The number of nitro benzene ring substituents is 1. The third-order valence-corrected chi connectivity index (χ3v) is 3.36. The van der Waals surface area contributed by atoms with Crippen LogP contribution in [0.1, 0.15) is 5.56 Å². The zero-order chi connectivity index (χ0) is 15.6. The zero-order valence-corrected chi connectivity index (χ0v) is 12.8. The van der Waals surface area contributed by atoms with E-state index >= 15 is 0 Å². The highest BCUT2D eigenvalue weighted by molar-refractivity contribution is 9.10. The number of nitrogens with zero attached hydrogens (tertiary/aromatic N) is 1. The van der Waals surface area contributed by atoms with Gasteiger partial charge in [0.2, 0.25) is 5.75 Å². The molecule has 0 fully saturated rings. The summed E-state index contributed by atoms with van der Waals surface area (Å²) in [7, 11) is 1.27. The first-order chi connectivity index (χ1) is 9.92. The van der Waals surface area contributed by atoms with E-state index in [2.05, 4.69) is 15.9 Å². The monoisotopic (exact) mass is 355 g/mol. The Labute approximate surface area is 128 Å². The fraction of sp³-hybridized carbons (Fsp3) is 0.143. The molecule has 0 aromatic heterocycles. The molecule has 7 heteroatoms. The number of hydrogen-bond acceptors (Lipinski definition) is 4. The molecule has 0 saturated carbocycles. The number of nitro groups is 1. The Morgan fingerprint density at radius 2 is 1.90 bits per heavy atom. The number of benzene rings is 2. The third-order valence-electron chi connectivity index (χ3n) is 2.74. The minimum Gasteiger partial charge on any atom is -0.494 e. The van der Waals surface area contributed by atoms with Gasteiger partial charge in [-0.25, -0.2) is 4.39 Å². The van der Waals surface area contributed by atoms with Crippen molar-refractivity contribution in [2.75, 3.05) is 7.11 Å². The van der Waals surface area contributed by atoms with E-state index < -0.39 is 16.4 Å². The molecular formula is C14H11BrFNO4. The van der Waals surface area contributed by atoms with Gasteiger partial charge in [0.1, 0.15) is 5.75 Å². The largest absolute Gasteiger partial charge is 0.494 e. The molecule has 0 atom stereocenters. The van der Waals surface area contributed by atoms with Gasteiger partial charge in [0.15, 0.2) is 11.6 Å². The molecule has 110 valence electrons. The van der Waals surface area contributed by atoms with Crippen LogP contribution in [-0.4, -0.2) is 12.0 Å². The Bertz CT molecular complexity index is 706. The highest BCUT2D eigenvalue weighted by Gasteiger charge is 2.21. The van der Waals surface area contributed by atoms with Gasteiger partial charge in [-0.2, -0.15) is 0 Å². The normalized spacial score (nSPS) is 10.3. The third kappa shape index (κ3) is 3.30. The molecule has 0 saturated heterocycles. The molecule has 0 aliphatic carbocycles. The number of aryl methyl sites for hydroxylation is 1. The summed E-state index contributed by atoms with van der Waals surface area (Å²) in [5.41, 5.74) is 0.529. The summed E-state index contributed by atoms with van der Waals surface area (Å²) in [5, 5.41) is 11.0. The maximum atomic E-state index is 13.6. The van der Waals surface area contributed by atoms with Gasteiger partial charge in [-0.05, 0) is 40.5 Å². The summed E-state index contributed by atoms with van der Waals surface area (Å²) in [5.74, 6) is -0.654. The Morgan fingerprint density at radius 1 is 1.19 bits per heavy atom. The van der Waals surface area contributed by atoms with Crippen molar-refractivity contribution < 1.29 is 18.8 Å². The summed E-state index contributed by atoms with van der Waals surface area (Å²) < 4.78 is 24.5. The van der Waals surface area contributed by atoms with Crippen LogP contribution >= 0.6 is 15.9 Å². The lowest BCUT2D eigenvalue weighted by Crippen LogP contribution is -1.97. The van der Waals surface area contributed by atoms with Gasteiger partial charge in [0.25, 0.3) is 0 Å². The van der Waals surface area contributed by atoms with Crippen molar-refractivity contribution in [3.63, 3.8) is 0 Å². The summed E-state index contributed by atoms with van der Waals surface area (Å²) in [6.45, 7) is 1.90. The Balaban J connectivity index is 2.49. The Kier molecular flexibility index (Phi) is 4.42. The van der Waals surface area contributed by atoms with Crippen molar-refractivity contribution in [3.8, 4) is 17.2 Å². The van der Waals surface area contributed by atoms with Crippen LogP contribution in [-0.2, 0) is 0 Å². The molecule has 0 radical (unpaired) electrons. The van der Waals surface area contributed by atoms with Gasteiger partial charge in [-0.1, -0.05) is 6.07 Å². The maximum absolute atomic E-state index is 13.6. The molecule has 0 aliphatic rings. The predicted octanol–water partition coefficient (Wildman–Crippen LogP) is 4.61. The summed E-state index contributed by atoms with van der Waals surface area (Å²) in [6, 6.07) is 7.20. The molecule has 2 aromatic rings. The van der Waals surface area contributed by atoms with Crippen molar-refractivity contribution >= 4 is 21.6 Å². The second kappa shape index (κ2) is 6.09. The fourth-order valence-electron chi connectivity index (χ4n) is 1.71. The van der Waals surface area contributed by atoms with Crippen LogP contribution in [0.2, 0.25) is 0 Å². The lowest BCUT2D eigenvalue weighted by Gasteiger charge is -2.10. The van der Waals surface area contributed by atoms with Crippen LogP contribution in [0.25, 0.3) is 0 Å². The minimum absolute atomic E-state index is 0.0946. The van der Waals surface area contributed by atoms with Gasteiger partial charge in [0.05, 0.1) is 22.6 Å². The number of rotatable bonds is 4. The molecule has 21 heavy (non-hydrogen) atoms. The summed E-state index contributed by atoms with van der Waals surface area (Å²) in [4.78, 5) is 10.3. The average molecular weight is 356 g/mol. The molecular weight excluding hydrogens is 345 g/mol.